The van der Waals surface area contributed by atoms with Crippen molar-refractivity contribution in [2.24, 2.45) is 0 Å². The molecule has 8 heteroatoms. The summed E-state index contributed by atoms with van der Waals surface area (Å²) in [5.74, 6) is 0.565. The van der Waals surface area contributed by atoms with Crippen molar-refractivity contribution in [3.8, 4) is 17.6 Å². The van der Waals surface area contributed by atoms with Gasteiger partial charge < -0.3 is 24.9 Å². The average Bonchev–Trinajstić information content (AvgIpc) is 3.13. The number of nitrogens with two attached hydrogens (primary N) is 1. The van der Waals surface area contributed by atoms with Crippen LogP contribution in [0.4, 0.5) is 5.69 Å². The molecular weight excluding hydrogens is 408 g/mol. The Kier molecular flexibility index (Phi) is 5.67. The van der Waals surface area contributed by atoms with Crippen molar-refractivity contribution in [2.45, 2.75) is 26.6 Å². The highest BCUT2D eigenvalue weighted by Crippen LogP contribution is 2.34. The van der Waals surface area contributed by atoms with E-state index in [9.17, 15) is 10.1 Å². The van der Waals surface area contributed by atoms with Crippen molar-refractivity contribution < 1.29 is 19.0 Å². The maximum Gasteiger partial charge on any atom is 0.357 e. The number of nitrogens with one attached hydrogen (secondary N) is 1. The van der Waals surface area contributed by atoms with Gasteiger partial charge in [-0.2, -0.15) is 5.26 Å². The molecule has 0 amide bonds. The minimum absolute atomic E-state index is 0.189. The maximum atomic E-state index is 12.6. The van der Waals surface area contributed by atoms with E-state index in [-0.39, 0.29) is 18.4 Å². The van der Waals surface area contributed by atoms with E-state index in [4.69, 9.17) is 19.9 Å². The molecule has 4 aromatic rings. The van der Waals surface area contributed by atoms with E-state index < -0.39 is 5.97 Å². The number of nitriles is 1. The van der Waals surface area contributed by atoms with Crippen molar-refractivity contribution in [1.82, 2.24) is 9.97 Å². The summed E-state index contributed by atoms with van der Waals surface area (Å²) in [5, 5.41) is 10.9. The lowest BCUT2D eigenvalue weighted by Gasteiger charge is -2.12. The SMILES string of the molecule is COCc1c(C(=O)OC(C)C)ncc2[nH]c3ccc(Oc4ccc(N)c(C#N)c4)cc3c12. The zero-order valence-electron chi connectivity index (χ0n) is 17.9. The summed E-state index contributed by atoms with van der Waals surface area (Å²) in [6, 6.07) is 12.5. The monoisotopic (exact) mass is 430 g/mol. The molecule has 0 radical (unpaired) electrons. The molecule has 0 saturated heterocycles. The molecule has 2 aromatic carbocycles. The molecule has 0 aliphatic rings. The van der Waals surface area contributed by atoms with Crippen LogP contribution in [0.25, 0.3) is 21.8 Å². The summed E-state index contributed by atoms with van der Waals surface area (Å²) in [5.41, 5.74) is 9.01. The Morgan fingerprint density at radius 1 is 1.19 bits per heavy atom. The second-order valence-corrected chi connectivity index (χ2v) is 7.56. The molecule has 0 unspecified atom stereocenters. The number of anilines is 1. The quantitative estimate of drug-likeness (QED) is 0.336. The molecule has 0 saturated carbocycles. The molecule has 0 aliphatic carbocycles. The summed E-state index contributed by atoms with van der Waals surface area (Å²) in [7, 11) is 1.56. The Hall–Kier alpha value is -4.09. The summed E-state index contributed by atoms with van der Waals surface area (Å²) < 4.78 is 16.7. The zero-order valence-corrected chi connectivity index (χ0v) is 17.9. The first kappa shape index (κ1) is 21.2. The molecule has 0 fully saturated rings. The fourth-order valence-electron chi connectivity index (χ4n) is 3.57. The van der Waals surface area contributed by atoms with Crippen LogP contribution in [0.15, 0.2) is 42.6 Å². The Labute approximate surface area is 184 Å². The van der Waals surface area contributed by atoms with E-state index >= 15 is 0 Å². The number of fused-ring (bicyclic) bond motifs is 3. The van der Waals surface area contributed by atoms with Gasteiger partial charge in [-0.05, 0) is 44.2 Å². The van der Waals surface area contributed by atoms with Crippen molar-refractivity contribution >= 4 is 33.5 Å². The highest BCUT2D eigenvalue weighted by atomic mass is 16.5. The van der Waals surface area contributed by atoms with Crippen LogP contribution in [0.2, 0.25) is 0 Å². The number of aromatic amines is 1. The first-order valence-electron chi connectivity index (χ1n) is 10.0. The van der Waals surface area contributed by atoms with E-state index in [2.05, 4.69) is 9.97 Å². The van der Waals surface area contributed by atoms with Gasteiger partial charge in [0.05, 0.1) is 30.0 Å². The number of carbonyl (C=O) groups is 1. The van der Waals surface area contributed by atoms with Crippen LogP contribution in [0.3, 0.4) is 0 Å². The van der Waals surface area contributed by atoms with Crippen molar-refractivity contribution in [1.29, 1.82) is 5.26 Å². The molecule has 8 nitrogen and oxygen atoms in total. The second kappa shape index (κ2) is 8.57. The lowest BCUT2D eigenvalue weighted by Crippen LogP contribution is -2.15. The maximum absolute atomic E-state index is 12.6. The fraction of sp³-hybridized carbons (Fsp3) is 0.208. The Morgan fingerprint density at radius 3 is 2.66 bits per heavy atom. The number of H-pyrrole nitrogens is 1. The summed E-state index contributed by atoms with van der Waals surface area (Å²) in [6.07, 6.45) is 1.35. The third-order valence-electron chi connectivity index (χ3n) is 4.92. The molecule has 0 bridgehead atoms. The van der Waals surface area contributed by atoms with E-state index in [0.717, 1.165) is 21.8 Å². The topological polar surface area (TPSA) is 123 Å². The van der Waals surface area contributed by atoms with Gasteiger partial charge in [0.2, 0.25) is 0 Å². The first-order valence-corrected chi connectivity index (χ1v) is 10.0. The predicted octanol–water partition coefficient (Wildman–Crippen LogP) is 4.67. The molecule has 2 heterocycles. The summed E-state index contributed by atoms with van der Waals surface area (Å²) in [4.78, 5) is 20.3. The number of methoxy groups -OCH3 is 1. The van der Waals surface area contributed by atoms with Crippen LogP contribution in [-0.4, -0.2) is 29.2 Å². The van der Waals surface area contributed by atoms with Gasteiger partial charge >= 0.3 is 5.97 Å². The van der Waals surface area contributed by atoms with Crippen LogP contribution >= 0.6 is 0 Å². The van der Waals surface area contributed by atoms with Crippen LogP contribution in [0, 0.1) is 11.3 Å². The molecule has 0 aliphatic heterocycles. The lowest BCUT2D eigenvalue weighted by molar-refractivity contribution is 0.0366. The zero-order chi connectivity index (χ0) is 22.8. The highest BCUT2D eigenvalue weighted by Gasteiger charge is 2.21. The van der Waals surface area contributed by atoms with Crippen LogP contribution in [0.5, 0.6) is 11.5 Å². The van der Waals surface area contributed by atoms with Gasteiger partial charge in [-0.1, -0.05) is 0 Å². The number of ether oxygens (including phenoxy) is 3. The number of nitrogen functional groups attached to an aromatic ring is 1. The van der Waals surface area contributed by atoms with E-state index in [1.165, 1.54) is 0 Å². The predicted molar refractivity (Wildman–Crippen MR) is 121 cm³/mol. The fourth-order valence-corrected chi connectivity index (χ4v) is 3.57. The number of rotatable bonds is 6. The number of aromatic nitrogens is 2. The number of pyridine rings is 1. The summed E-state index contributed by atoms with van der Waals surface area (Å²) in [6.45, 7) is 3.77. The third-order valence-corrected chi connectivity index (χ3v) is 4.92. The average molecular weight is 430 g/mol. The van der Waals surface area contributed by atoms with Crippen LogP contribution in [0.1, 0.15) is 35.5 Å². The molecule has 32 heavy (non-hydrogen) atoms. The number of nitrogens with zero attached hydrogens (tertiary/aromatic N) is 2. The standard InChI is InChI=1S/C24H22N4O4/c1-13(2)31-24(29)23-18(12-30-3)22-17-9-16(5-7-20(17)28-21(22)11-27-23)32-15-4-6-19(26)14(8-15)10-25/h4-9,11,13,28H,12,26H2,1-3H3. The van der Waals surface area contributed by atoms with Crippen molar-refractivity contribution in [3.63, 3.8) is 0 Å². The molecular formula is C24H22N4O4. The largest absolute Gasteiger partial charge is 0.458 e. The summed E-state index contributed by atoms with van der Waals surface area (Å²) >= 11 is 0. The second-order valence-electron chi connectivity index (χ2n) is 7.56. The van der Waals surface area contributed by atoms with Crippen LogP contribution in [-0.2, 0) is 16.1 Å². The molecule has 4 rings (SSSR count). The van der Waals surface area contributed by atoms with Gasteiger partial charge in [0.15, 0.2) is 5.69 Å². The molecule has 162 valence electrons. The normalized spacial score (nSPS) is 11.1. The van der Waals surface area contributed by atoms with Crippen molar-refractivity contribution in [2.75, 3.05) is 12.8 Å². The number of benzene rings is 2. The third kappa shape index (κ3) is 3.94. The van der Waals surface area contributed by atoms with E-state index in [1.54, 1.807) is 45.4 Å². The van der Waals surface area contributed by atoms with Gasteiger partial charge in [-0.3, -0.25) is 0 Å². The minimum atomic E-state index is -0.499. The van der Waals surface area contributed by atoms with Crippen molar-refractivity contribution in [3.05, 3.63) is 59.4 Å². The number of hydrogen-bond acceptors (Lipinski definition) is 7. The Bertz CT molecular complexity index is 1370. The molecule has 0 spiro atoms. The molecule has 3 N–H and O–H groups in total. The number of carbonyl (C=O) groups excluding carboxylic acids is 1. The van der Waals surface area contributed by atoms with Gasteiger partial charge in [-0.25, -0.2) is 9.78 Å². The first-order chi connectivity index (χ1) is 15.4. The molecule has 2 aromatic heterocycles. The van der Waals surface area contributed by atoms with Crippen LogP contribution < -0.4 is 10.5 Å². The Morgan fingerprint density at radius 2 is 1.94 bits per heavy atom. The Balaban J connectivity index is 1.83. The van der Waals surface area contributed by atoms with Gasteiger partial charge in [0, 0.05) is 40.7 Å². The highest BCUT2D eigenvalue weighted by molar-refractivity contribution is 6.11. The van der Waals surface area contributed by atoms with Gasteiger partial charge in [0.25, 0.3) is 0 Å². The number of esters is 1. The lowest BCUT2D eigenvalue weighted by atomic mass is 10.1. The van der Waals surface area contributed by atoms with E-state index in [1.807, 2.05) is 24.3 Å². The minimum Gasteiger partial charge on any atom is -0.458 e. The molecule has 0 atom stereocenters. The number of hydrogen-bond donors (Lipinski definition) is 2. The van der Waals surface area contributed by atoms with Gasteiger partial charge in [-0.15, -0.1) is 0 Å². The van der Waals surface area contributed by atoms with E-state index in [0.29, 0.717) is 28.3 Å². The van der Waals surface area contributed by atoms with Gasteiger partial charge in [0.1, 0.15) is 17.6 Å². The smallest absolute Gasteiger partial charge is 0.357 e.